The van der Waals surface area contributed by atoms with Crippen LogP contribution in [0.3, 0.4) is 0 Å². The van der Waals surface area contributed by atoms with E-state index in [1.165, 1.54) is 12.4 Å². The number of anilines is 2. The van der Waals surface area contributed by atoms with E-state index in [0.717, 1.165) is 17.4 Å². The maximum atomic E-state index is 13.3. The molecule has 0 saturated carbocycles. The second kappa shape index (κ2) is 8.16. The van der Waals surface area contributed by atoms with Crippen LogP contribution < -0.4 is 9.62 Å². The van der Waals surface area contributed by atoms with E-state index >= 15 is 0 Å². The predicted octanol–water partition coefficient (Wildman–Crippen LogP) is 3.98. The number of hydrogen-bond acceptors (Lipinski definition) is 6. The van der Waals surface area contributed by atoms with E-state index < -0.39 is 10.0 Å². The zero-order chi connectivity index (χ0) is 22.0. The normalized spacial score (nSPS) is 11.3. The number of carbonyl (C=O) groups is 1. The number of fused-ring (bicyclic) bond motifs is 1. The van der Waals surface area contributed by atoms with Gasteiger partial charge in [-0.3, -0.25) is 14.5 Å². The van der Waals surface area contributed by atoms with Gasteiger partial charge < -0.3 is 4.90 Å². The number of nitrogens with zero attached hydrogens (tertiary/aromatic N) is 3. The molecule has 0 fully saturated rings. The molecule has 0 amide bonds. The molecule has 4 rings (SSSR count). The van der Waals surface area contributed by atoms with Gasteiger partial charge in [0.2, 0.25) is 0 Å². The average molecular weight is 433 g/mol. The van der Waals surface area contributed by atoms with Gasteiger partial charge in [-0.1, -0.05) is 48.5 Å². The zero-order valence-corrected chi connectivity index (χ0v) is 17.8. The van der Waals surface area contributed by atoms with E-state index in [2.05, 4.69) is 14.7 Å². The topological polar surface area (TPSA) is 92.3 Å². The standard InChI is InChI=1S/C23H20N4O3S/c1-27(2)20-7-3-6-19-18(20)5-4-8-21(19)31(29,30)26-23-22(24-13-14-25-23)17-11-9-16(15-28)10-12-17/h3-15H,1-2H3,(H,25,26). The summed E-state index contributed by atoms with van der Waals surface area (Å²) in [4.78, 5) is 21.5. The van der Waals surface area contributed by atoms with E-state index in [1.54, 1.807) is 42.5 Å². The fourth-order valence-corrected chi connectivity index (χ4v) is 4.65. The fourth-order valence-electron chi connectivity index (χ4n) is 3.41. The molecule has 0 saturated heterocycles. The Labute approximate surface area is 180 Å². The van der Waals surface area contributed by atoms with Crippen molar-refractivity contribution in [1.29, 1.82) is 0 Å². The molecule has 0 radical (unpaired) electrons. The van der Waals surface area contributed by atoms with Crippen LogP contribution in [0.1, 0.15) is 10.4 Å². The van der Waals surface area contributed by atoms with Gasteiger partial charge in [-0.25, -0.2) is 13.4 Å². The molecular weight excluding hydrogens is 412 g/mol. The van der Waals surface area contributed by atoms with Gasteiger partial charge in [0.25, 0.3) is 10.0 Å². The number of rotatable bonds is 6. The Morgan fingerprint density at radius 1 is 0.871 bits per heavy atom. The van der Waals surface area contributed by atoms with Gasteiger partial charge in [0.1, 0.15) is 12.0 Å². The monoisotopic (exact) mass is 432 g/mol. The van der Waals surface area contributed by atoms with Gasteiger partial charge in [0.05, 0.1) is 4.90 Å². The minimum absolute atomic E-state index is 0.113. The molecule has 31 heavy (non-hydrogen) atoms. The number of carbonyl (C=O) groups excluding carboxylic acids is 1. The maximum absolute atomic E-state index is 13.3. The van der Waals surface area contributed by atoms with Crippen LogP contribution in [-0.2, 0) is 10.0 Å². The van der Waals surface area contributed by atoms with Crippen LogP contribution >= 0.6 is 0 Å². The van der Waals surface area contributed by atoms with Crippen molar-refractivity contribution < 1.29 is 13.2 Å². The van der Waals surface area contributed by atoms with Gasteiger partial charge in [0, 0.05) is 54.1 Å². The van der Waals surface area contributed by atoms with Crippen LogP contribution in [0.4, 0.5) is 11.5 Å². The second-order valence-corrected chi connectivity index (χ2v) is 8.77. The van der Waals surface area contributed by atoms with Crippen LogP contribution in [0.25, 0.3) is 22.0 Å². The lowest BCUT2D eigenvalue weighted by Crippen LogP contribution is -2.16. The molecule has 0 aliphatic heterocycles. The van der Waals surface area contributed by atoms with E-state index in [1.807, 2.05) is 37.2 Å². The highest BCUT2D eigenvalue weighted by Gasteiger charge is 2.21. The number of sulfonamides is 1. The lowest BCUT2D eigenvalue weighted by molar-refractivity contribution is 0.112. The van der Waals surface area contributed by atoms with Crippen molar-refractivity contribution in [3.05, 3.63) is 78.6 Å². The first-order valence-corrected chi connectivity index (χ1v) is 11.0. The third-order valence-corrected chi connectivity index (χ3v) is 6.28. The summed E-state index contributed by atoms with van der Waals surface area (Å²) >= 11 is 0. The second-order valence-electron chi connectivity index (χ2n) is 7.12. The minimum atomic E-state index is -3.95. The van der Waals surface area contributed by atoms with Crippen LogP contribution in [0, 0.1) is 0 Å². The first-order chi connectivity index (χ1) is 14.9. The van der Waals surface area contributed by atoms with E-state index in [4.69, 9.17) is 0 Å². The molecule has 0 bridgehead atoms. The maximum Gasteiger partial charge on any atom is 0.263 e. The third-order valence-electron chi connectivity index (χ3n) is 4.88. The lowest BCUT2D eigenvalue weighted by atomic mass is 10.1. The molecule has 7 nitrogen and oxygen atoms in total. The summed E-state index contributed by atoms with van der Waals surface area (Å²) in [5, 5.41) is 1.45. The highest BCUT2D eigenvalue weighted by Crippen LogP contribution is 2.32. The molecule has 1 heterocycles. The summed E-state index contributed by atoms with van der Waals surface area (Å²) in [7, 11) is -0.128. The summed E-state index contributed by atoms with van der Waals surface area (Å²) < 4.78 is 29.3. The molecule has 1 aromatic heterocycles. The average Bonchev–Trinajstić information content (AvgIpc) is 2.78. The van der Waals surface area contributed by atoms with Crippen LogP contribution in [-0.4, -0.2) is 38.8 Å². The van der Waals surface area contributed by atoms with Crippen molar-refractivity contribution in [1.82, 2.24) is 9.97 Å². The van der Waals surface area contributed by atoms with Crippen LogP contribution in [0.15, 0.2) is 78.0 Å². The molecule has 0 aliphatic carbocycles. The quantitative estimate of drug-likeness (QED) is 0.464. The predicted molar refractivity (Wildman–Crippen MR) is 122 cm³/mol. The van der Waals surface area contributed by atoms with E-state index in [-0.39, 0.29) is 10.7 Å². The van der Waals surface area contributed by atoms with Crippen molar-refractivity contribution in [2.24, 2.45) is 0 Å². The smallest absolute Gasteiger partial charge is 0.263 e. The van der Waals surface area contributed by atoms with Gasteiger partial charge in [0.15, 0.2) is 5.82 Å². The Morgan fingerprint density at radius 3 is 2.26 bits per heavy atom. The van der Waals surface area contributed by atoms with E-state index in [0.29, 0.717) is 22.2 Å². The molecule has 156 valence electrons. The van der Waals surface area contributed by atoms with Crippen molar-refractivity contribution in [2.75, 3.05) is 23.7 Å². The molecule has 0 aliphatic rings. The number of benzene rings is 3. The first kappa shape index (κ1) is 20.5. The SMILES string of the molecule is CN(C)c1cccc2c(S(=O)(=O)Nc3nccnc3-c3ccc(C=O)cc3)cccc12. The number of aromatic nitrogens is 2. The van der Waals surface area contributed by atoms with Crippen molar-refractivity contribution in [3.8, 4) is 11.3 Å². The molecule has 1 N–H and O–H groups in total. The molecule has 3 aromatic carbocycles. The fraction of sp³-hybridized carbons (Fsp3) is 0.0870. The summed E-state index contributed by atoms with van der Waals surface area (Å²) in [5.74, 6) is 0.113. The summed E-state index contributed by atoms with van der Waals surface area (Å²) in [5.41, 5.74) is 2.45. The Bertz CT molecular complexity index is 1370. The molecule has 0 atom stereocenters. The highest BCUT2D eigenvalue weighted by molar-refractivity contribution is 7.93. The number of hydrogen-bond donors (Lipinski definition) is 1. The first-order valence-electron chi connectivity index (χ1n) is 9.49. The van der Waals surface area contributed by atoms with Crippen molar-refractivity contribution in [2.45, 2.75) is 4.90 Å². The van der Waals surface area contributed by atoms with Gasteiger partial charge >= 0.3 is 0 Å². The molecular formula is C23H20N4O3S. The molecule has 4 aromatic rings. The van der Waals surface area contributed by atoms with Crippen LogP contribution in [0.5, 0.6) is 0 Å². The minimum Gasteiger partial charge on any atom is -0.377 e. The van der Waals surface area contributed by atoms with Crippen molar-refractivity contribution in [3.63, 3.8) is 0 Å². The lowest BCUT2D eigenvalue weighted by Gasteiger charge is -2.17. The summed E-state index contributed by atoms with van der Waals surface area (Å²) in [6, 6.07) is 17.4. The zero-order valence-electron chi connectivity index (χ0n) is 17.0. The highest BCUT2D eigenvalue weighted by atomic mass is 32.2. The van der Waals surface area contributed by atoms with Gasteiger partial charge in [-0.05, 0) is 12.1 Å². The van der Waals surface area contributed by atoms with Gasteiger partial charge in [-0.15, -0.1) is 0 Å². The molecule has 0 unspecified atom stereocenters. The Morgan fingerprint density at radius 2 is 1.55 bits per heavy atom. The van der Waals surface area contributed by atoms with Crippen LogP contribution in [0.2, 0.25) is 0 Å². The molecule has 8 heteroatoms. The summed E-state index contributed by atoms with van der Waals surface area (Å²) in [6.07, 6.45) is 3.66. The number of nitrogens with one attached hydrogen (secondary N) is 1. The largest absolute Gasteiger partial charge is 0.377 e. The van der Waals surface area contributed by atoms with Gasteiger partial charge in [-0.2, -0.15) is 0 Å². The Hall–Kier alpha value is -3.78. The Kier molecular flexibility index (Phi) is 5.39. The third kappa shape index (κ3) is 3.97. The summed E-state index contributed by atoms with van der Waals surface area (Å²) in [6.45, 7) is 0. The van der Waals surface area contributed by atoms with Crippen molar-refractivity contribution >= 4 is 38.6 Å². The van der Waals surface area contributed by atoms with E-state index in [9.17, 15) is 13.2 Å². The molecule has 0 spiro atoms. The number of aldehydes is 1. The Balaban J connectivity index is 1.79.